The van der Waals surface area contributed by atoms with Crippen LogP contribution in [0.25, 0.3) is 0 Å². The van der Waals surface area contributed by atoms with Crippen LogP contribution >= 0.6 is 0 Å². The Balaban J connectivity index is 2.25. The summed E-state index contributed by atoms with van der Waals surface area (Å²) in [5, 5.41) is 3.06. The van der Waals surface area contributed by atoms with E-state index < -0.39 is 17.5 Å². The molecule has 19 heavy (non-hydrogen) atoms. The Bertz CT molecular complexity index is 439. The third-order valence-electron chi connectivity index (χ3n) is 4.24. The lowest BCUT2D eigenvalue weighted by molar-refractivity contribution is 0.233. The molecule has 4 heteroatoms. The third kappa shape index (κ3) is 2.94. The maximum absolute atomic E-state index is 13.9. The van der Waals surface area contributed by atoms with Gasteiger partial charge >= 0.3 is 0 Å². The van der Waals surface area contributed by atoms with Crippen LogP contribution in [0.1, 0.15) is 44.2 Å². The van der Waals surface area contributed by atoms with Crippen LogP contribution in [-0.4, -0.2) is 7.05 Å². The first kappa shape index (κ1) is 14.4. The van der Waals surface area contributed by atoms with Crippen LogP contribution in [0.4, 0.5) is 13.2 Å². The molecule has 0 spiro atoms. The van der Waals surface area contributed by atoms with E-state index in [4.69, 9.17) is 0 Å². The van der Waals surface area contributed by atoms with Gasteiger partial charge in [-0.15, -0.1) is 0 Å². The van der Waals surface area contributed by atoms with Crippen molar-refractivity contribution in [2.24, 2.45) is 11.8 Å². The van der Waals surface area contributed by atoms with Crippen molar-refractivity contribution in [2.75, 3.05) is 7.05 Å². The fraction of sp³-hybridized carbons (Fsp3) is 0.600. The number of rotatable bonds is 3. The van der Waals surface area contributed by atoms with Gasteiger partial charge in [-0.25, -0.2) is 13.2 Å². The molecule has 1 aromatic rings. The maximum atomic E-state index is 13.9. The van der Waals surface area contributed by atoms with Crippen molar-refractivity contribution in [3.8, 4) is 0 Å². The van der Waals surface area contributed by atoms with E-state index in [0.29, 0.717) is 5.92 Å². The van der Waals surface area contributed by atoms with Crippen LogP contribution in [0.2, 0.25) is 0 Å². The highest BCUT2D eigenvalue weighted by atomic mass is 19.2. The van der Waals surface area contributed by atoms with Crippen molar-refractivity contribution in [3.05, 3.63) is 35.1 Å². The number of hydrogen-bond acceptors (Lipinski definition) is 1. The molecule has 1 aliphatic carbocycles. The fourth-order valence-electron chi connectivity index (χ4n) is 3.05. The van der Waals surface area contributed by atoms with Crippen LogP contribution < -0.4 is 5.32 Å². The van der Waals surface area contributed by atoms with E-state index in [0.717, 1.165) is 31.7 Å². The van der Waals surface area contributed by atoms with Gasteiger partial charge in [0.05, 0.1) is 0 Å². The zero-order valence-corrected chi connectivity index (χ0v) is 11.3. The number of halogens is 3. The van der Waals surface area contributed by atoms with E-state index in [2.05, 4.69) is 12.2 Å². The van der Waals surface area contributed by atoms with Crippen molar-refractivity contribution in [2.45, 2.75) is 38.6 Å². The Kier molecular flexibility index (Phi) is 4.50. The second-order valence-electron chi connectivity index (χ2n) is 5.55. The zero-order chi connectivity index (χ0) is 14.0. The molecule has 1 nitrogen and oxygen atoms in total. The molecule has 0 aromatic heterocycles. The summed E-state index contributed by atoms with van der Waals surface area (Å²) in [4.78, 5) is 0. The standard InChI is InChI=1S/C15H20F3N/c1-9-3-5-10(6-4-9)15(19-2)11-7-8-12(16)14(18)13(11)17/h7-10,15,19H,3-6H2,1-2H3. The molecule has 0 bridgehead atoms. The Labute approximate surface area is 112 Å². The molecule has 106 valence electrons. The molecule has 0 radical (unpaired) electrons. The Morgan fingerprint density at radius 1 is 1.05 bits per heavy atom. The van der Waals surface area contributed by atoms with Gasteiger partial charge in [-0.3, -0.25) is 0 Å². The second-order valence-corrected chi connectivity index (χ2v) is 5.55. The SMILES string of the molecule is CNC(c1ccc(F)c(F)c1F)C1CCC(C)CC1. The number of nitrogens with one attached hydrogen (secondary N) is 1. The molecule has 1 saturated carbocycles. The topological polar surface area (TPSA) is 12.0 Å². The summed E-state index contributed by atoms with van der Waals surface area (Å²) in [5.41, 5.74) is 0.237. The molecular formula is C15H20F3N. The van der Waals surface area contributed by atoms with E-state index in [-0.39, 0.29) is 17.5 Å². The molecule has 0 heterocycles. The summed E-state index contributed by atoms with van der Waals surface area (Å²) in [6.07, 6.45) is 4.19. The summed E-state index contributed by atoms with van der Waals surface area (Å²) in [6.45, 7) is 2.21. The van der Waals surface area contributed by atoms with E-state index in [1.807, 2.05) is 0 Å². The van der Waals surface area contributed by atoms with Crippen LogP contribution in [-0.2, 0) is 0 Å². The van der Waals surface area contributed by atoms with E-state index in [1.54, 1.807) is 7.05 Å². The fourth-order valence-corrected chi connectivity index (χ4v) is 3.05. The average Bonchev–Trinajstić information content (AvgIpc) is 2.41. The molecule has 1 N–H and O–H groups in total. The van der Waals surface area contributed by atoms with Crippen molar-refractivity contribution < 1.29 is 13.2 Å². The first-order valence-electron chi connectivity index (χ1n) is 6.85. The quantitative estimate of drug-likeness (QED) is 0.813. The molecule has 1 atom stereocenters. The minimum atomic E-state index is -1.37. The predicted octanol–water partition coefficient (Wildman–Crippen LogP) is 4.19. The minimum absolute atomic E-state index is 0.237. The van der Waals surface area contributed by atoms with Gasteiger partial charge in [-0.1, -0.05) is 25.8 Å². The highest BCUT2D eigenvalue weighted by Gasteiger charge is 2.29. The van der Waals surface area contributed by atoms with Gasteiger partial charge in [0.2, 0.25) is 0 Å². The molecule has 1 unspecified atom stereocenters. The molecule has 0 amide bonds. The second kappa shape index (κ2) is 5.95. The van der Waals surface area contributed by atoms with Gasteiger partial charge in [-0.2, -0.15) is 0 Å². The highest BCUT2D eigenvalue weighted by Crippen LogP contribution is 2.37. The van der Waals surface area contributed by atoms with Crippen LogP contribution in [0.5, 0.6) is 0 Å². The highest BCUT2D eigenvalue weighted by molar-refractivity contribution is 5.24. The lowest BCUT2D eigenvalue weighted by Gasteiger charge is -2.33. The molecule has 2 rings (SSSR count). The van der Waals surface area contributed by atoms with Crippen molar-refractivity contribution >= 4 is 0 Å². The van der Waals surface area contributed by atoms with E-state index >= 15 is 0 Å². The minimum Gasteiger partial charge on any atom is -0.313 e. The van der Waals surface area contributed by atoms with Gasteiger partial charge in [-0.05, 0) is 37.8 Å². The lowest BCUT2D eigenvalue weighted by atomic mass is 9.77. The smallest absolute Gasteiger partial charge is 0.194 e. The van der Waals surface area contributed by atoms with Gasteiger partial charge in [0.1, 0.15) is 0 Å². The van der Waals surface area contributed by atoms with Crippen molar-refractivity contribution in [1.29, 1.82) is 0 Å². The zero-order valence-electron chi connectivity index (χ0n) is 11.3. The van der Waals surface area contributed by atoms with E-state index in [1.165, 1.54) is 6.07 Å². The van der Waals surface area contributed by atoms with Gasteiger partial charge < -0.3 is 5.32 Å². The summed E-state index contributed by atoms with van der Waals surface area (Å²) in [5.74, 6) is -2.59. The largest absolute Gasteiger partial charge is 0.313 e. The third-order valence-corrected chi connectivity index (χ3v) is 4.24. The van der Waals surface area contributed by atoms with Crippen molar-refractivity contribution in [1.82, 2.24) is 5.32 Å². The Hall–Kier alpha value is -1.03. The lowest BCUT2D eigenvalue weighted by Crippen LogP contribution is -2.29. The van der Waals surface area contributed by atoms with Crippen LogP contribution in [0, 0.1) is 29.3 Å². The summed E-state index contributed by atoms with van der Waals surface area (Å²) in [7, 11) is 1.74. The molecule has 1 aromatic carbocycles. The van der Waals surface area contributed by atoms with Crippen LogP contribution in [0.15, 0.2) is 12.1 Å². The van der Waals surface area contributed by atoms with Gasteiger partial charge in [0.15, 0.2) is 17.5 Å². The first-order chi connectivity index (χ1) is 9.04. The Morgan fingerprint density at radius 3 is 2.26 bits per heavy atom. The molecule has 1 fully saturated rings. The number of benzene rings is 1. The summed E-state index contributed by atoms with van der Waals surface area (Å²) in [6, 6.07) is 2.11. The predicted molar refractivity (Wildman–Crippen MR) is 69.2 cm³/mol. The normalized spacial score (nSPS) is 25.3. The maximum Gasteiger partial charge on any atom is 0.194 e. The number of hydrogen-bond donors (Lipinski definition) is 1. The average molecular weight is 271 g/mol. The van der Waals surface area contributed by atoms with E-state index in [9.17, 15) is 13.2 Å². The summed E-state index contributed by atoms with van der Waals surface area (Å²) < 4.78 is 40.2. The molecule has 1 aliphatic rings. The summed E-state index contributed by atoms with van der Waals surface area (Å²) >= 11 is 0. The molecule has 0 saturated heterocycles. The Morgan fingerprint density at radius 2 is 1.68 bits per heavy atom. The van der Waals surface area contributed by atoms with Crippen molar-refractivity contribution in [3.63, 3.8) is 0 Å². The molecule has 0 aliphatic heterocycles. The van der Waals surface area contributed by atoms with Gasteiger partial charge in [0, 0.05) is 11.6 Å². The first-order valence-corrected chi connectivity index (χ1v) is 6.85. The monoisotopic (exact) mass is 271 g/mol. The van der Waals surface area contributed by atoms with Crippen LogP contribution in [0.3, 0.4) is 0 Å². The molecular weight excluding hydrogens is 251 g/mol. The van der Waals surface area contributed by atoms with Gasteiger partial charge in [0.25, 0.3) is 0 Å².